The first-order valence-electron chi connectivity index (χ1n) is 2.59. The molecule has 65 valence electrons. The molecule has 13 heteroatoms. The fraction of sp³-hybridized carbons (Fsp3) is 0. The molecule has 0 saturated heterocycles. The van der Waals surface area contributed by atoms with Crippen molar-refractivity contribution in [1.29, 1.82) is 0 Å². The molecule has 8 nitrogen and oxygen atoms in total. The molecular weight excluding hydrogens is 477 g/mol. The Labute approximate surface area is 112 Å². The van der Waals surface area contributed by atoms with Crippen LogP contribution in [0.5, 0.6) is 0 Å². The monoisotopic (exact) mass is 475 g/mol. The van der Waals surface area contributed by atoms with Crippen LogP contribution in [0.4, 0.5) is 0 Å². The molecule has 2 N–H and O–H groups in total. The fourth-order valence-electron chi connectivity index (χ4n) is 0.287. The normalized spacial score (nSPS) is 6.15. The second-order valence-corrected chi connectivity index (χ2v) is 18.2. The molecule has 0 heterocycles. The molecule has 0 aromatic rings. The van der Waals surface area contributed by atoms with E-state index in [0.717, 1.165) is 0 Å². The predicted octanol–water partition coefficient (Wildman–Crippen LogP) is -3.36. The van der Waals surface area contributed by atoms with Gasteiger partial charge in [-0.05, 0) is 0 Å². The Kier molecular flexibility index (Phi) is 18.5. The van der Waals surface area contributed by atoms with Gasteiger partial charge in [0.05, 0.1) is 0 Å². The Hall–Kier alpha value is 1.90. The molecule has 13 heavy (non-hydrogen) atoms. The summed E-state index contributed by atoms with van der Waals surface area (Å²) < 4.78 is 49.1. The van der Waals surface area contributed by atoms with Gasteiger partial charge in [-0.2, -0.15) is 0 Å². The molecule has 0 spiro atoms. The molecule has 0 atom stereocenters. The Morgan fingerprint density at radius 3 is 1.77 bits per heavy atom. The van der Waals surface area contributed by atoms with Crippen LogP contribution in [-0.2, 0) is 19.9 Å². The van der Waals surface area contributed by atoms with Gasteiger partial charge in [0.1, 0.15) is 0 Å². The van der Waals surface area contributed by atoms with Gasteiger partial charge in [0.15, 0.2) is 0 Å². The zero-order valence-electron chi connectivity index (χ0n) is 6.24. The van der Waals surface area contributed by atoms with Crippen molar-refractivity contribution in [2.75, 3.05) is 0 Å². The summed E-state index contributed by atoms with van der Waals surface area (Å²) in [6, 6.07) is 0. The summed E-state index contributed by atoms with van der Waals surface area (Å²) in [7, 11) is 0. The standard InChI is InChI=1S/5Ga.H2O.7O/h;;;;;1H2;;;;;;;. The van der Waals surface area contributed by atoms with Gasteiger partial charge in [-0.25, -0.2) is 0 Å². The first kappa shape index (κ1) is 17.3. The second-order valence-electron chi connectivity index (χ2n) is 1.22. The average Bonchev–Trinajstić information content (AvgIpc) is 2.06. The molecule has 0 fully saturated rings. The van der Waals surface area contributed by atoms with Gasteiger partial charge in [-0.3, -0.25) is 0 Å². The van der Waals surface area contributed by atoms with E-state index in [1.165, 1.54) is 0 Å². The Bertz CT molecular complexity index is 135. The van der Waals surface area contributed by atoms with Crippen LogP contribution in [0.25, 0.3) is 0 Å². The molecule has 0 aromatic carbocycles. The molecule has 0 amide bonds. The van der Waals surface area contributed by atoms with Gasteiger partial charge < -0.3 is 5.48 Å². The van der Waals surface area contributed by atoms with E-state index in [0.29, 0.717) is 0 Å². The number of hydrogen-bond acceptors (Lipinski definition) is 7. The van der Waals surface area contributed by atoms with Crippen LogP contribution >= 0.6 is 0 Å². The van der Waals surface area contributed by atoms with Gasteiger partial charge in [0, 0.05) is 0 Å². The third-order valence-corrected chi connectivity index (χ3v) is 16.5. The van der Waals surface area contributed by atoms with E-state index in [4.69, 9.17) is 2.32 Å². The summed E-state index contributed by atoms with van der Waals surface area (Å²) in [4.78, 5) is 0. The van der Waals surface area contributed by atoms with Crippen molar-refractivity contribution in [2.45, 2.75) is 0 Å². The third kappa shape index (κ3) is 11.8. The summed E-state index contributed by atoms with van der Waals surface area (Å²) in [5.41, 5.74) is 0. The van der Waals surface area contributed by atoms with Crippen molar-refractivity contribution < 1.29 is 25.4 Å². The van der Waals surface area contributed by atoms with Crippen LogP contribution in [0, 0.1) is 0 Å². The summed E-state index contributed by atoms with van der Waals surface area (Å²) in [5, 5.41) is 0. The summed E-state index contributed by atoms with van der Waals surface area (Å²) in [5.74, 6) is 0. The molecule has 0 aliphatic rings. The fourth-order valence-corrected chi connectivity index (χ4v) is 22.3. The summed E-state index contributed by atoms with van der Waals surface area (Å²) >= 11 is -10.0. The number of rotatable bonds is 8. The zero-order valence-corrected chi connectivity index (χ0v) is 18.4. The Balaban J connectivity index is 0. The van der Waals surface area contributed by atoms with E-state index in [-0.39, 0.29) is 5.48 Å². The maximum absolute atomic E-state index is 10.1. The van der Waals surface area contributed by atoms with Crippen LogP contribution in [0.2, 0.25) is 0 Å². The first-order valence-corrected chi connectivity index (χ1v) is 13.5. The third-order valence-electron chi connectivity index (χ3n) is 0.611. The van der Waals surface area contributed by atoms with E-state index in [2.05, 4.69) is 6.96 Å². The van der Waals surface area contributed by atoms with E-state index in [1.807, 2.05) is 0 Å². The molecule has 0 rings (SSSR count). The molecule has 0 saturated carbocycles. The minimum atomic E-state index is -2.88. The van der Waals surface area contributed by atoms with Crippen LogP contribution in [-0.4, -0.2) is 94.1 Å². The summed E-state index contributed by atoms with van der Waals surface area (Å²) in [6.45, 7) is 0. The molecule has 0 aliphatic carbocycles. The molecule has 0 unspecified atom stereocenters. The maximum atomic E-state index is 10.1. The van der Waals surface area contributed by atoms with Gasteiger partial charge in [-0.15, -0.1) is 0 Å². The molecule has 0 aliphatic heterocycles. The van der Waals surface area contributed by atoms with E-state index < -0.39 is 88.6 Å². The van der Waals surface area contributed by atoms with Crippen LogP contribution < -0.4 is 0 Å². The van der Waals surface area contributed by atoms with Crippen molar-refractivity contribution in [1.82, 2.24) is 0 Å². The molecule has 0 bridgehead atoms. The molecule has 0 aromatic heterocycles. The van der Waals surface area contributed by atoms with Gasteiger partial charge in [-0.1, -0.05) is 0 Å². The average molecular weight is 479 g/mol. The van der Waals surface area contributed by atoms with Crippen LogP contribution in [0.15, 0.2) is 0 Å². The van der Waals surface area contributed by atoms with E-state index in [9.17, 15) is 10.6 Å². The molecule has 1 radical (unpaired) electrons. The van der Waals surface area contributed by atoms with Crippen molar-refractivity contribution in [2.24, 2.45) is 0 Å². The topological polar surface area (TPSA) is 120 Å². The molecular formula is H2Ga5O8. The SMILES string of the molecule is O.[O]=[Ga][O][Ga][O][Ga]([O][Ga]=[O])[O][Ga]=[O]. The first-order chi connectivity index (χ1) is 5.85. The number of hydrogen-bond donors (Lipinski definition) is 0. The van der Waals surface area contributed by atoms with E-state index >= 15 is 0 Å². The van der Waals surface area contributed by atoms with Gasteiger partial charge in [0.25, 0.3) is 0 Å². The van der Waals surface area contributed by atoms with Gasteiger partial charge in [0.2, 0.25) is 0 Å². The minimum absolute atomic E-state index is 0. The van der Waals surface area contributed by atoms with Crippen molar-refractivity contribution in [3.8, 4) is 0 Å². The predicted molar refractivity (Wildman–Crippen MR) is 38.8 cm³/mol. The van der Waals surface area contributed by atoms with E-state index in [1.54, 1.807) is 0 Å². The van der Waals surface area contributed by atoms with Crippen molar-refractivity contribution >= 4 is 88.6 Å². The van der Waals surface area contributed by atoms with Crippen molar-refractivity contribution in [3.05, 3.63) is 0 Å². The Morgan fingerprint density at radius 1 is 0.846 bits per heavy atom. The van der Waals surface area contributed by atoms with Crippen molar-refractivity contribution in [3.63, 3.8) is 0 Å². The second kappa shape index (κ2) is 13.9. The Morgan fingerprint density at radius 2 is 1.38 bits per heavy atom. The van der Waals surface area contributed by atoms with Crippen LogP contribution in [0.3, 0.4) is 0 Å². The summed E-state index contributed by atoms with van der Waals surface area (Å²) in [6.07, 6.45) is 0. The quantitative estimate of drug-likeness (QED) is 0.264. The zero-order chi connectivity index (χ0) is 9.23. The van der Waals surface area contributed by atoms with Gasteiger partial charge >= 0.3 is 109 Å². The van der Waals surface area contributed by atoms with Crippen LogP contribution in [0.1, 0.15) is 0 Å².